The zero-order chi connectivity index (χ0) is 34.2. The van der Waals surface area contributed by atoms with E-state index in [1.165, 1.54) is 18.7 Å². The zero-order valence-electron chi connectivity index (χ0n) is 27.8. The monoisotopic (exact) mass is 684 g/mol. The van der Waals surface area contributed by atoms with Gasteiger partial charge in [-0.3, -0.25) is 9.59 Å². The average molecular weight is 685 g/mol. The summed E-state index contributed by atoms with van der Waals surface area (Å²) in [5, 5.41) is 6.92. The molecule has 0 aromatic heterocycles. The Labute approximate surface area is 284 Å². The van der Waals surface area contributed by atoms with Crippen molar-refractivity contribution < 1.29 is 42.7 Å². The van der Waals surface area contributed by atoms with Gasteiger partial charge in [-0.25, -0.2) is 0 Å². The van der Waals surface area contributed by atoms with Crippen LogP contribution in [0.15, 0.2) is 64.6 Å². The number of amides is 1. The van der Waals surface area contributed by atoms with Gasteiger partial charge in [-0.2, -0.15) is 0 Å². The molecule has 260 valence electrons. The second-order valence-electron chi connectivity index (χ2n) is 12.2. The molecule has 1 amide bonds. The summed E-state index contributed by atoms with van der Waals surface area (Å²) in [4.78, 5) is 29.8. The molecule has 0 radical (unpaired) electrons. The smallest absolute Gasteiger partial charge is 0.303 e. The molecule has 14 heteroatoms. The van der Waals surface area contributed by atoms with Crippen molar-refractivity contribution in [3.63, 3.8) is 0 Å². The normalized spacial score (nSPS) is 33.1. The minimum Gasteiger partial charge on any atom is -0.497 e. The number of nitrogens with one attached hydrogen (secondary N) is 1. The summed E-state index contributed by atoms with van der Waals surface area (Å²) in [6, 6.07) is 16.6. The van der Waals surface area contributed by atoms with E-state index >= 15 is 0 Å². The summed E-state index contributed by atoms with van der Waals surface area (Å²) in [6.45, 7) is 7.76. The van der Waals surface area contributed by atoms with Gasteiger partial charge in [-0.05, 0) is 42.1 Å². The third-order valence-corrected chi connectivity index (χ3v) is 10.1. The van der Waals surface area contributed by atoms with Crippen molar-refractivity contribution >= 4 is 23.6 Å². The molecule has 0 saturated carbocycles. The van der Waals surface area contributed by atoms with Crippen molar-refractivity contribution in [2.75, 3.05) is 20.3 Å². The Morgan fingerprint density at radius 2 is 1.79 bits per heavy atom. The lowest BCUT2D eigenvalue weighted by Crippen LogP contribution is -2.67. The third kappa shape index (κ3) is 8.43. The summed E-state index contributed by atoms with van der Waals surface area (Å²) in [6.07, 6.45) is -3.58. The maximum atomic E-state index is 14.2. The van der Waals surface area contributed by atoms with E-state index in [0.717, 1.165) is 29.1 Å². The SMILES string of the molecule is CCCCO[C@@H]1C(NC(=O)C2OC(N=[N+]=[N-])[C@H](OC(C)=O)[C@@H](C)[C@H]2C)[C@H](Sc2ccc(OC)cc2)OC2COC(c3ccccc3)O[C@@H]21. The van der Waals surface area contributed by atoms with Crippen LogP contribution < -0.4 is 10.1 Å². The largest absolute Gasteiger partial charge is 0.497 e. The number of benzene rings is 2. The van der Waals surface area contributed by atoms with Gasteiger partial charge in [0, 0.05) is 34.8 Å². The molecule has 1 N–H and O–H groups in total. The Morgan fingerprint density at radius 3 is 2.46 bits per heavy atom. The zero-order valence-corrected chi connectivity index (χ0v) is 28.6. The molecule has 0 spiro atoms. The number of azide groups is 1. The second kappa shape index (κ2) is 16.8. The van der Waals surface area contributed by atoms with Crippen molar-refractivity contribution in [3.05, 3.63) is 70.6 Å². The Bertz CT molecular complexity index is 1410. The first-order valence-corrected chi connectivity index (χ1v) is 17.2. The lowest BCUT2D eigenvalue weighted by Gasteiger charge is -2.50. The van der Waals surface area contributed by atoms with E-state index in [2.05, 4.69) is 22.3 Å². The number of thioether (sulfide) groups is 1. The molecular weight excluding hydrogens is 640 g/mol. The number of rotatable bonds is 12. The fourth-order valence-corrected chi connectivity index (χ4v) is 7.32. The van der Waals surface area contributed by atoms with Crippen molar-refractivity contribution in [1.29, 1.82) is 0 Å². The number of ether oxygens (including phenoxy) is 7. The predicted molar refractivity (Wildman–Crippen MR) is 176 cm³/mol. The lowest BCUT2D eigenvalue weighted by atomic mass is 9.82. The molecule has 3 aliphatic rings. The first-order chi connectivity index (χ1) is 23.2. The summed E-state index contributed by atoms with van der Waals surface area (Å²) in [5.41, 5.74) is 9.50. The molecule has 3 heterocycles. The highest BCUT2D eigenvalue weighted by atomic mass is 32.2. The summed E-state index contributed by atoms with van der Waals surface area (Å²) in [5.74, 6) is -1.00. The lowest BCUT2D eigenvalue weighted by molar-refractivity contribution is -0.311. The van der Waals surface area contributed by atoms with Gasteiger partial charge in [0.25, 0.3) is 0 Å². The summed E-state index contributed by atoms with van der Waals surface area (Å²) >= 11 is 1.45. The maximum absolute atomic E-state index is 14.2. The van der Waals surface area contributed by atoms with Gasteiger partial charge in [-0.15, -0.1) is 0 Å². The first kappa shape index (κ1) is 35.9. The number of carbonyl (C=O) groups excluding carboxylic acids is 2. The molecule has 2 aromatic rings. The van der Waals surface area contributed by atoms with Gasteiger partial charge >= 0.3 is 5.97 Å². The number of hydrogen-bond donors (Lipinski definition) is 1. The molecule has 3 aliphatic heterocycles. The molecule has 0 bridgehead atoms. The van der Waals surface area contributed by atoms with E-state index in [0.29, 0.717) is 6.61 Å². The third-order valence-electron chi connectivity index (χ3n) is 8.96. The maximum Gasteiger partial charge on any atom is 0.303 e. The van der Waals surface area contributed by atoms with E-state index in [4.69, 9.17) is 33.2 Å². The van der Waals surface area contributed by atoms with Crippen LogP contribution >= 0.6 is 11.8 Å². The fraction of sp³-hybridized carbons (Fsp3) is 0.588. The number of fused-ring (bicyclic) bond motifs is 1. The number of unbranched alkanes of at least 4 members (excludes halogenated alkanes) is 1. The number of methoxy groups -OCH3 is 1. The van der Waals surface area contributed by atoms with Crippen LogP contribution in [-0.2, 0) is 38.0 Å². The number of esters is 1. The molecule has 11 atom stereocenters. The standard InChI is InChI=1S/C34H44N4O9S/c1-6-7-17-42-30-26(36-31(40)27-19(2)20(3)28(44-21(4)39)32(46-27)37-38-35)34(48-24-15-13-23(41-5)14-16-24)45-25-18-43-33(47-29(25)30)22-11-9-8-10-12-22/h8-16,19-20,25-30,32-34H,6-7,17-18H2,1-5H3,(H,36,40)/t19-,20+,25?,26?,27?,28-,29+,30-,32?,33?,34+/m1/s1. The van der Waals surface area contributed by atoms with Crippen molar-refractivity contribution in [2.45, 2.75) is 99.9 Å². The Morgan fingerprint density at radius 1 is 1.04 bits per heavy atom. The highest BCUT2D eigenvalue weighted by molar-refractivity contribution is 7.99. The van der Waals surface area contributed by atoms with Crippen LogP contribution in [-0.4, -0.2) is 80.4 Å². The highest BCUT2D eigenvalue weighted by Gasteiger charge is 2.53. The Balaban J connectivity index is 1.45. The molecule has 13 nitrogen and oxygen atoms in total. The molecule has 2 aromatic carbocycles. The fourth-order valence-electron chi connectivity index (χ4n) is 6.19. The molecule has 48 heavy (non-hydrogen) atoms. The molecule has 3 saturated heterocycles. The molecule has 5 rings (SSSR count). The second-order valence-corrected chi connectivity index (χ2v) is 13.4. The van der Waals surface area contributed by atoms with E-state index in [1.54, 1.807) is 7.11 Å². The predicted octanol–water partition coefficient (Wildman–Crippen LogP) is 5.54. The molecular formula is C34H44N4O9S. The van der Waals surface area contributed by atoms with Crippen LogP contribution in [0, 0.1) is 11.8 Å². The molecule has 5 unspecified atom stereocenters. The molecule has 0 aliphatic carbocycles. The van der Waals surface area contributed by atoms with E-state index in [9.17, 15) is 15.1 Å². The van der Waals surface area contributed by atoms with Crippen LogP contribution in [0.3, 0.4) is 0 Å². The van der Waals surface area contributed by atoms with Gasteiger partial charge < -0.3 is 38.5 Å². The average Bonchev–Trinajstić information content (AvgIpc) is 3.09. The van der Waals surface area contributed by atoms with Gasteiger partial charge in [-0.1, -0.05) is 74.4 Å². The van der Waals surface area contributed by atoms with Crippen LogP contribution in [0.4, 0.5) is 0 Å². The van der Waals surface area contributed by atoms with Gasteiger partial charge in [0.1, 0.15) is 41.7 Å². The van der Waals surface area contributed by atoms with Crippen LogP contribution in [0.5, 0.6) is 5.75 Å². The highest BCUT2D eigenvalue weighted by Crippen LogP contribution is 2.41. The first-order valence-electron chi connectivity index (χ1n) is 16.3. The van der Waals surface area contributed by atoms with Crippen molar-refractivity contribution in [3.8, 4) is 5.75 Å². The summed E-state index contributed by atoms with van der Waals surface area (Å²) in [7, 11) is 1.61. The molecule has 3 fully saturated rings. The van der Waals surface area contributed by atoms with Crippen molar-refractivity contribution in [1.82, 2.24) is 5.32 Å². The Hall–Kier alpha value is -3.36. The van der Waals surface area contributed by atoms with Crippen LogP contribution in [0.1, 0.15) is 52.4 Å². The topological polar surface area (TPSA) is 160 Å². The van der Waals surface area contributed by atoms with Gasteiger partial charge in [0.15, 0.2) is 12.5 Å². The van der Waals surface area contributed by atoms with Gasteiger partial charge in [0.2, 0.25) is 5.91 Å². The van der Waals surface area contributed by atoms with E-state index in [-0.39, 0.29) is 12.5 Å². The minimum atomic E-state index is -1.18. The quantitative estimate of drug-likeness (QED) is 0.0990. The van der Waals surface area contributed by atoms with Crippen LogP contribution in [0.2, 0.25) is 0 Å². The summed E-state index contributed by atoms with van der Waals surface area (Å²) < 4.78 is 42.8. The number of hydrogen-bond acceptors (Lipinski definition) is 11. The number of nitrogens with zero attached hydrogens (tertiary/aromatic N) is 3. The van der Waals surface area contributed by atoms with E-state index in [1.807, 2.05) is 68.4 Å². The van der Waals surface area contributed by atoms with Gasteiger partial charge in [0.05, 0.1) is 19.8 Å². The minimum absolute atomic E-state index is 0.268. The Kier molecular flexibility index (Phi) is 12.6. The number of carbonyl (C=O) groups is 2. The van der Waals surface area contributed by atoms with E-state index < -0.39 is 72.3 Å². The van der Waals surface area contributed by atoms with Crippen molar-refractivity contribution in [2.24, 2.45) is 17.0 Å². The van der Waals surface area contributed by atoms with Crippen LogP contribution in [0.25, 0.3) is 10.4 Å².